The van der Waals surface area contributed by atoms with Gasteiger partial charge in [0.25, 0.3) is 5.91 Å². The fourth-order valence-electron chi connectivity index (χ4n) is 6.25. The average Bonchev–Trinajstić information content (AvgIpc) is 3.36. The van der Waals surface area contributed by atoms with Gasteiger partial charge in [0.05, 0.1) is 12.6 Å². The van der Waals surface area contributed by atoms with Gasteiger partial charge in [-0.25, -0.2) is 4.79 Å². The van der Waals surface area contributed by atoms with Crippen LogP contribution in [0.2, 0.25) is 0 Å². The molecule has 1 aliphatic carbocycles. The van der Waals surface area contributed by atoms with Crippen LogP contribution in [0.4, 0.5) is 4.79 Å². The lowest BCUT2D eigenvalue weighted by Gasteiger charge is -2.40. The number of benzene rings is 1. The van der Waals surface area contributed by atoms with Crippen LogP contribution in [0.5, 0.6) is 0 Å². The number of piperidine rings is 1. The van der Waals surface area contributed by atoms with Gasteiger partial charge in [0.1, 0.15) is 12.1 Å². The first kappa shape index (κ1) is 29.5. The summed E-state index contributed by atoms with van der Waals surface area (Å²) in [4.78, 5) is 67.2. The fourth-order valence-corrected chi connectivity index (χ4v) is 6.25. The fraction of sp³-hybridized carbons (Fsp3) is 0.621. The minimum atomic E-state index is -1.28. The Kier molecular flexibility index (Phi) is 10.1. The number of carboxylic acid groups (broad SMARTS) is 1. The lowest BCUT2D eigenvalue weighted by atomic mass is 9.83. The summed E-state index contributed by atoms with van der Waals surface area (Å²) in [5.41, 5.74) is 0.708. The van der Waals surface area contributed by atoms with Crippen LogP contribution in [0.3, 0.4) is 0 Å². The molecule has 3 fully saturated rings. The molecular formula is C29H40N4O7. The zero-order valence-electron chi connectivity index (χ0n) is 22.8. The van der Waals surface area contributed by atoms with Crippen molar-refractivity contribution in [3.05, 3.63) is 35.9 Å². The SMILES string of the molecule is O=C1NCCC1CC(CO)NC(=O)C(CC1CCCCC1)N1C(=O)CCC(N(Cc2ccccc2)C(=O)O)C1=O. The van der Waals surface area contributed by atoms with Gasteiger partial charge in [-0.2, -0.15) is 0 Å². The van der Waals surface area contributed by atoms with Crippen molar-refractivity contribution in [3.63, 3.8) is 0 Å². The van der Waals surface area contributed by atoms with E-state index in [2.05, 4.69) is 10.6 Å². The van der Waals surface area contributed by atoms with Crippen LogP contribution in [0.25, 0.3) is 0 Å². The van der Waals surface area contributed by atoms with Gasteiger partial charge in [0.15, 0.2) is 0 Å². The Labute approximate surface area is 234 Å². The number of likely N-dealkylation sites (tertiary alicyclic amines) is 1. The summed E-state index contributed by atoms with van der Waals surface area (Å²) in [7, 11) is 0. The van der Waals surface area contributed by atoms with Crippen molar-refractivity contribution in [2.75, 3.05) is 13.2 Å². The molecule has 4 atom stereocenters. The van der Waals surface area contributed by atoms with Crippen molar-refractivity contribution in [1.29, 1.82) is 0 Å². The maximum atomic E-state index is 13.9. The Bertz CT molecular complexity index is 1080. The Hall–Kier alpha value is -3.47. The van der Waals surface area contributed by atoms with Crippen molar-refractivity contribution in [1.82, 2.24) is 20.4 Å². The number of carbonyl (C=O) groups is 5. The van der Waals surface area contributed by atoms with Gasteiger partial charge >= 0.3 is 6.09 Å². The first-order chi connectivity index (χ1) is 19.3. The number of hydrogen-bond donors (Lipinski definition) is 4. The summed E-state index contributed by atoms with van der Waals surface area (Å²) in [5, 5.41) is 25.5. The molecular weight excluding hydrogens is 516 g/mol. The minimum Gasteiger partial charge on any atom is -0.465 e. The third kappa shape index (κ3) is 7.18. The van der Waals surface area contributed by atoms with Crippen molar-refractivity contribution < 1.29 is 34.2 Å². The van der Waals surface area contributed by atoms with Crippen LogP contribution in [-0.2, 0) is 25.7 Å². The molecule has 4 unspecified atom stereocenters. The predicted molar refractivity (Wildman–Crippen MR) is 145 cm³/mol. The van der Waals surface area contributed by atoms with Crippen LogP contribution in [-0.4, -0.2) is 81.0 Å². The molecule has 2 heterocycles. The second-order valence-corrected chi connectivity index (χ2v) is 11.2. The van der Waals surface area contributed by atoms with Gasteiger partial charge in [-0.1, -0.05) is 62.4 Å². The van der Waals surface area contributed by atoms with Gasteiger partial charge in [-0.05, 0) is 37.2 Å². The topological polar surface area (TPSA) is 156 Å². The maximum Gasteiger partial charge on any atom is 0.408 e. The first-order valence-electron chi connectivity index (χ1n) is 14.4. The molecule has 1 saturated carbocycles. The van der Waals surface area contributed by atoms with Gasteiger partial charge < -0.3 is 20.8 Å². The second kappa shape index (κ2) is 13.7. The summed E-state index contributed by atoms with van der Waals surface area (Å²) < 4.78 is 0. The molecule has 0 bridgehead atoms. The highest BCUT2D eigenvalue weighted by Gasteiger charge is 2.45. The molecule has 1 aromatic rings. The number of amides is 5. The van der Waals surface area contributed by atoms with E-state index in [0.717, 1.165) is 41.9 Å². The quantitative estimate of drug-likeness (QED) is 0.304. The van der Waals surface area contributed by atoms with Crippen LogP contribution in [0, 0.1) is 11.8 Å². The Morgan fingerprint density at radius 2 is 1.75 bits per heavy atom. The predicted octanol–water partition coefficient (Wildman–Crippen LogP) is 2.03. The maximum absolute atomic E-state index is 13.9. The molecule has 5 amide bonds. The van der Waals surface area contributed by atoms with Crippen LogP contribution in [0.1, 0.15) is 69.8 Å². The number of carbonyl (C=O) groups excluding carboxylic acids is 4. The van der Waals surface area contributed by atoms with Gasteiger partial charge in [-0.15, -0.1) is 0 Å². The summed E-state index contributed by atoms with van der Waals surface area (Å²) in [6, 6.07) is 5.98. The van der Waals surface area contributed by atoms with E-state index in [1.54, 1.807) is 24.3 Å². The number of aliphatic hydroxyl groups excluding tert-OH is 1. The van der Waals surface area contributed by atoms with Gasteiger partial charge in [-0.3, -0.25) is 29.0 Å². The number of rotatable bonds is 11. The summed E-state index contributed by atoms with van der Waals surface area (Å²) in [5.74, 6) is -2.07. The van der Waals surface area contributed by atoms with E-state index in [9.17, 15) is 34.2 Å². The van der Waals surface area contributed by atoms with E-state index in [-0.39, 0.29) is 56.6 Å². The molecule has 2 saturated heterocycles. The molecule has 11 nitrogen and oxygen atoms in total. The van der Waals surface area contributed by atoms with Gasteiger partial charge in [0, 0.05) is 25.4 Å². The number of hydrogen-bond acceptors (Lipinski definition) is 6. The minimum absolute atomic E-state index is 0.0237. The molecule has 0 radical (unpaired) electrons. The third-order valence-electron chi connectivity index (χ3n) is 8.43. The van der Waals surface area contributed by atoms with Crippen LogP contribution < -0.4 is 10.6 Å². The lowest BCUT2D eigenvalue weighted by Crippen LogP contribution is -2.62. The highest BCUT2D eigenvalue weighted by Crippen LogP contribution is 2.31. The Balaban J connectivity index is 1.56. The van der Waals surface area contributed by atoms with Gasteiger partial charge in [0.2, 0.25) is 17.7 Å². The third-order valence-corrected chi connectivity index (χ3v) is 8.43. The van der Waals surface area contributed by atoms with E-state index in [4.69, 9.17) is 0 Å². The van der Waals surface area contributed by atoms with E-state index in [1.807, 2.05) is 6.07 Å². The highest BCUT2D eigenvalue weighted by molar-refractivity contribution is 6.05. The van der Waals surface area contributed by atoms with E-state index in [0.29, 0.717) is 18.5 Å². The molecule has 2 aliphatic heterocycles. The molecule has 0 aromatic heterocycles. The molecule has 218 valence electrons. The van der Waals surface area contributed by atoms with Crippen LogP contribution in [0.15, 0.2) is 30.3 Å². The summed E-state index contributed by atoms with van der Waals surface area (Å²) >= 11 is 0. The molecule has 4 N–H and O–H groups in total. The van der Waals surface area contributed by atoms with Crippen molar-refractivity contribution >= 4 is 29.7 Å². The summed E-state index contributed by atoms with van der Waals surface area (Å²) in [6.45, 7) is 0.130. The summed E-state index contributed by atoms with van der Waals surface area (Å²) in [6.07, 6.45) is 4.70. The van der Waals surface area contributed by atoms with E-state index >= 15 is 0 Å². The smallest absolute Gasteiger partial charge is 0.408 e. The van der Waals surface area contributed by atoms with E-state index < -0.39 is 41.9 Å². The molecule has 40 heavy (non-hydrogen) atoms. The molecule has 1 aromatic carbocycles. The zero-order valence-corrected chi connectivity index (χ0v) is 22.8. The average molecular weight is 557 g/mol. The van der Waals surface area contributed by atoms with Crippen molar-refractivity contribution in [2.45, 2.75) is 88.9 Å². The first-order valence-corrected chi connectivity index (χ1v) is 14.4. The largest absolute Gasteiger partial charge is 0.465 e. The molecule has 4 rings (SSSR count). The Morgan fingerprint density at radius 3 is 2.38 bits per heavy atom. The van der Waals surface area contributed by atoms with E-state index in [1.165, 1.54) is 0 Å². The number of nitrogens with zero attached hydrogens (tertiary/aromatic N) is 2. The highest BCUT2D eigenvalue weighted by atomic mass is 16.4. The standard InChI is InChI=1S/C29H40N4O7/c34-18-22(16-21-13-14-30-26(21)36)31-27(37)24(15-19-7-3-1-4-8-19)33-25(35)12-11-23(28(33)38)32(29(39)40)17-20-9-5-2-6-10-20/h2,5-6,9-10,19,21-24,34H,1,3-4,7-8,11-18H2,(H,30,36)(H,31,37)(H,39,40). The van der Waals surface area contributed by atoms with Crippen LogP contribution >= 0.6 is 0 Å². The van der Waals surface area contributed by atoms with Crippen molar-refractivity contribution in [3.8, 4) is 0 Å². The lowest BCUT2D eigenvalue weighted by molar-refractivity contribution is -0.159. The number of aliphatic hydroxyl groups is 1. The molecule has 11 heteroatoms. The zero-order chi connectivity index (χ0) is 28.6. The monoisotopic (exact) mass is 556 g/mol. The Morgan fingerprint density at radius 1 is 1.02 bits per heavy atom. The normalized spacial score (nSPS) is 23.4. The number of imide groups is 1. The molecule has 0 spiro atoms. The molecule has 3 aliphatic rings. The second-order valence-electron chi connectivity index (χ2n) is 11.2. The van der Waals surface area contributed by atoms with Crippen molar-refractivity contribution in [2.24, 2.45) is 11.8 Å². The number of nitrogens with one attached hydrogen (secondary N) is 2.